The summed E-state index contributed by atoms with van der Waals surface area (Å²) in [5.74, 6) is 0.0903. The first kappa shape index (κ1) is 21.3. The van der Waals surface area contributed by atoms with E-state index in [1.54, 1.807) is 13.0 Å². The number of ether oxygens (including phenoxy) is 1. The molecule has 0 atom stereocenters. The van der Waals surface area contributed by atoms with Gasteiger partial charge in [-0.2, -0.15) is 0 Å². The van der Waals surface area contributed by atoms with Gasteiger partial charge in [0, 0.05) is 18.7 Å². The molecule has 150 valence electrons. The molecule has 1 aliphatic carbocycles. The fourth-order valence-electron chi connectivity index (χ4n) is 3.13. The quantitative estimate of drug-likeness (QED) is 0.638. The molecule has 0 saturated heterocycles. The normalized spacial score (nSPS) is 14.6. The summed E-state index contributed by atoms with van der Waals surface area (Å²) in [5, 5.41) is 6.23. The maximum absolute atomic E-state index is 12.3. The van der Waals surface area contributed by atoms with Crippen LogP contribution in [0.4, 0.5) is 5.82 Å². The second kappa shape index (κ2) is 11.0. The second-order valence-electron chi connectivity index (χ2n) is 6.50. The lowest BCUT2D eigenvalue weighted by Crippen LogP contribution is -2.43. The number of nitrogens with one attached hydrogen (secondary N) is 1. The molecule has 0 aliphatic heterocycles. The van der Waals surface area contributed by atoms with E-state index in [4.69, 9.17) is 9.26 Å². The Balaban J connectivity index is 1.63. The number of esters is 1. The highest BCUT2D eigenvalue weighted by Gasteiger charge is 2.24. The van der Waals surface area contributed by atoms with Crippen molar-refractivity contribution in [2.45, 2.75) is 52.0 Å². The fraction of sp³-hybridized carbons (Fsp3) is 0.667. The number of carbonyl (C=O) groups is 3. The number of aromatic nitrogens is 1. The van der Waals surface area contributed by atoms with Gasteiger partial charge in [0.2, 0.25) is 5.91 Å². The van der Waals surface area contributed by atoms with E-state index in [1.807, 2.05) is 11.8 Å². The monoisotopic (exact) mass is 397 g/mol. The van der Waals surface area contributed by atoms with Gasteiger partial charge >= 0.3 is 5.97 Å². The van der Waals surface area contributed by atoms with E-state index in [9.17, 15) is 14.4 Å². The number of anilines is 1. The van der Waals surface area contributed by atoms with Gasteiger partial charge in [-0.25, -0.2) is 0 Å². The lowest BCUT2D eigenvalue weighted by atomic mass is 9.94. The summed E-state index contributed by atoms with van der Waals surface area (Å²) in [6, 6.07) is 1.86. The lowest BCUT2D eigenvalue weighted by molar-refractivity contribution is -0.151. The molecule has 0 aromatic carbocycles. The van der Waals surface area contributed by atoms with Gasteiger partial charge in [0.25, 0.3) is 5.91 Å². The number of amides is 2. The molecule has 27 heavy (non-hydrogen) atoms. The molecular weight excluding hydrogens is 370 g/mol. The van der Waals surface area contributed by atoms with Crippen LogP contribution in [0.5, 0.6) is 0 Å². The molecule has 1 N–H and O–H groups in total. The summed E-state index contributed by atoms with van der Waals surface area (Å²) in [6.45, 7) is 4.05. The maximum atomic E-state index is 12.3. The molecule has 0 spiro atoms. The summed E-state index contributed by atoms with van der Waals surface area (Å²) in [6.07, 6.45) is 5.53. The summed E-state index contributed by atoms with van der Waals surface area (Å²) < 4.78 is 9.92. The minimum Gasteiger partial charge on any atom is -0.455 e. The Bertz CT molecular complexity index is 643. The molecule has 1 aromatic rings. The van der Waals surface area contributed by atoms with Crippen LogP contribution in [0, 0.1) is 6.92 Å². The minimum atomic E-state index is -0.502. The van der Waals surface area contributed by atoms with Gasteiger partial charge in [-0.1, -0.05) is 24.4 Å². The van der Waals surface area contributed by atoms with Crippen molar-refractivity contribution in [1.82, 2.24) is 10.1 Å². The first-order valence-corrected chi connectivity index (χ1v) is 10.4. The van der Waals surface area contributed by atoms with Gasteiger partial charge in [0.15, 0.2) is 12.4 Å². The molecule has 8 nitrogen and oxygen atoms in total. The predicted octanol–water partition coefficient (Wildman–Crippen LogP) is 2.38. The highest BCUT2D eigenvalue weighted by atomic mass is 32.2. The van der Waals surface area contributed by atoms with E-state index in [0.717, 1.165) is 37.4 Å². The van der Waals surface area contributed by atoms with Gasteiger partial charge < -0.3 is 19.5 Å². The molecule has 0 unspecified atom stereocenters. The van der Waals surface area contributed by atoms with Gasteiger partial charge in [-0.05, 0) is 26.7 Å². The standard InChI is InChI=1S/C18H27N3O5S/c1-3-21(14-7-5-4-6-8-14)17(23)10-25-18(24)12-27-11-16(22)19-15-9-13(2)26-20-15/h9,14H,3-8,10-12H2,1-2H3,(H,19,20,22). The largest absolute Gasteiger partial charge is 0.455 e. The van der Waals surface area contributed by atoms with E-state index >= 15 is 0 Å². The molecule has 1 fully saturated rings. The number of nitrogens with zero attached hydrogens (tertiary/aromatic N) is 2. The average Bonchev–Trinajstić information content (AvgIpc) is 3.06. The van der Waals surface area contributed by atoms with E-state index in [1.165, 1.54) is 6.42 Å². The molecule has 1 heterocycles. The van der Waals surface area contributed by atoms with E-state index < -0.39 is 5.97 Å². The Hall–Kier alpha value is -2.03. The molecule has 1 aliphatic rings. The molecule has 1 aromatic heterocycles. The van der Waals surface area contributed by atoms with Gasteiger partial charge in [-0.3, -0.25) is 14.4 Å². The number of hydrogen-bond acceptors (Lipinski definition) is 7. The first-order valence-electron chi connectivity index (χ1n) is 9.25. The van der Waals surface area contributed by atoms with Crippen molar-refractivity contribution < 1.29 is 23.6 Å². The number of carbonyl (C=O) groups excluding carboxylic acids is 3. The van der Waals surface area contributed by atoms with Crippen molar-refractivity contribution in [2.75, 3.05) is 30.0 Å². The van der Waals surface area contributed by atoms with Gasteiger partial charge in [-0.15, -0.1) is 11.8 Å². The van der Waals surface area contributed by atoms with Gasteiger partial charge in [0.05, 0.1) is 11.5 Å². The van der Waals surface area contributed by atoms with Crippen LogP contribution in [-0.4, -0.2) is 58.5 Å². The maximum Gasteiger partial charge on any atom is 0.316 e. The first-order chi connectivity index (χ1) is 13.0. The third-order valence-corrected chi connectivity index (χ3v) is 5.29. The van der Waals surface area contributed by atoms with Crippen molar-refractivity contribution >= 4 is 35.4 Å². The zero-order chi connectivity index (χ0) is 19.6. The van der Waals surface area contributed by atoms with Crippen LogP contribution >= 0.6 is 11.8 Å². The second-order valence-corrected chi connectivity index (χ2v) is 7.48. The SMILES string of the molecule is CCN(C(=O)COC(=O)CSCC(=O)Nc1cc(C)on1)C1CCCCC1. The van der Waals surface area contributed by atoms with Crippen LogP contribution in [0.2, 0.25) is 0 Å². The summed E-state index contributed by atoms with van der Waals surface area (Å²) >= 11 is 1.12. The summed E-state index contributed by atoms with van der Waals surface area (Å²) in [4.78, 5) is 37.7. The van der Waals surface area contributed by atoms with Crippen LogP contribution in [0.25, 0.3) is 0 Å². The zero-order valence-electron chi connectivity index (χ0n) is 15.9. The summed E-state index contributed by atoms with van der Waals surface area (Å²) in [5.41, 5.74) is 0. The molecule has 0 radical (unpaired) electrons. The van der Waals surface area contributed by atoms with Crippen molar-refractivity contribution in [3.63, 3.8) is 0 Å². The van der Waals surface area contributed by atoms with Crippen LogP contribution in [0.15, 0.2) is 10.6 Å². The van der Waals surface area contributed by atoms with Crippen molar-refractivity contribution in [3.05, 3.63) is 11.8 Å². The predicted molar refractivity (Wildman–Crippen MR) is 102 cm³/mol. The molecule has 1 saturated carbocycles. The van der Waals surface area contributed by atoms with E-state index in [2.05, 4.69) is 10.5 Å². The smallest absolute Gasteiger partial charge is 0.316 e. The van der Waals surface area contributed by atoms with Crippen LogP contribution in [-0.2, 0) is 19.1 Å². The fourth-order valence-corrected chi connectivity index (χ4v) is 3.74. The topological polar surface area (TPSA) is 102 Å². The molecular formula is C18H27N3O5S. The Labute approximate surface area is 163 Å². The van der Waals surface area contributed by atoms with Crippen molar-refractivity contribution in [3.8, 4) is 0 Å². The Morgan fingerprint density at radius 3 is 2.67 bits per heavy atom. The lowest BCUT2D eigenvalue weighted by Gasteiger charge is -2.33. The highest BCUT2D eigenvalue weighted by Crippen LogP contribution is 2.22. The third-order valence-electron chi connectivity index (χ3n) is 4.38. The van der Waals surface area contributed by atoms with Crippen molar-refractivity contribution in [2.24, 2.45) is 0 Å². The Morgan fingerprint density at radius 2 is 2.04 bits per heavy atom. The van der Waals surface area contributed by atoms with Crippen LogP contribution in [0.1, 0.15) is 44.8 Å². The van der Waals surface area contributed by atoms with Crippen LogP contribution < -0.4 is 5.32 Å². The number of rotatable bonds is 9. The molecule has 0 bridgehead atoms. The van der Waals surface area contributed by atoms with E-state index in [-0.39, 0.29) is 36.0 Å². The number of aryl methyl sites for hydroxylation is 1. The molecule has 2 amide bonds. The Kier molecular flexibility index (Phi) is 8.63. The van der Waals surface area contributed by atoms with Gasteiger partial charge in [0.1, 0.15) is 5.76 Å². The van der Waals surface area contributed by atoms with Crippen molar-refractivity contribution in [1.29, 1.82) is 0 Å². The van der Waals surface area contributed by atoms with Crippen LogP contribution in [0.3, 0.4) is 0 Å². The third kappa shape index (κ3) is 7.24. The number of thioether (sulfide) groups is 1. The van der Waals surface area contributed by atoms with E-state index in [0.29, 0.717) is 18.1 Å². The number of hydrogen-bond donors (Lipinski definition) is 1. The minimum absolute atomic E-state index is 0.00803. The molecule has 2 rings (SSSR count). The highest BCUT2D eigenvalue weighted by molar-refractivity contribution is 8.00. The zero-order valence-corrected chi connectivity index (χ0v) is 16.7. The number of likely N-dealkylation sites (N-methyl/N-ethyl adjacent to an activating group) is 1. The summed E-state index contributed by atoms with van der Waals surface area (Å²) in [7, 11) is 0. The average molecular weight is 397 g/mol. The molecule has 9 heteroatoms. The Morgan fingerprint density at radius 1 is 1.30 bits per heavy atom.